The van der Waals surface area contributed by atoms with Crippen molar-refractivity contribution in [1.29, 1.82) is 0 Å². The third kappa shape index (κ3) is 3.52. The zero-order valence-electron chi connectivity index (χ0n) is 12.9. The summed E-state index contributed by atoms with van der Waals surface area (Å²) in [6.07, 6.45) is 10.7. The van der Waals surface area contributed by atoms with Crippen molar-refractivity contribution < 1.29 is 0 Å². The van der Waals surface area contributed by atoms with E-state index in [1.54, 1.807) is 0 Å². The minimum absolute atomic E-state index is 0.512. The summed E-state index contributed by atoms with van der Waals surface area (Å²) >= 11 is 0. The summed E-state index contributed by atoms with van der Waals surface area (Å²) in [6.45, 7) is 10.2. The molecule has 1 heterocycles. The lowest BCUT2D eigenvalue weighted by atomic mass is 9.69. The fourth-order valence-electron chi connectivity index (χ4n) is 3.15. The molecule has 3 nitrogen and oxygen atoms in total. The Balaban J connectivity index is 1.83. The lowest BCUT2D eigenvalue weighted by molar-refractivity contribution is 0.147. The van der Waals surface area contributed by atoms with Crippen molar-refractivity contribution in [2.75, 3.05) is 5.32 Å². The minimum Gasteiger partial charge on any atom is -0.380 e. The summed E-state index contributed by atoms with van der Waals surface area (Å²) in [7, 11) is 0. The van der Waals surface area contributed by atoms with Crippen molar-refractivity contribution in [1.82, 2.24) is 9.78 Å². The number of hydrogen-bond acceptors (Lipinski definition) is 2. The van der Waals surface area contributed by atoms with Crippen molar-refractivity contribution in [3.8, 4) is 0 Å². The molecule has 0 spiro atoms. The molecule has 1 aliphatic carbocycles. The molecule has 108 valence electrons. The Morgan fingerprint density at radius 2 is 1.95 bits per heavy atom. The fourth-order valence-corrected chi connectivity index (χ4v) is 3.15. The standard InChI is InChI=1S/C16H29N3/c1-5-16(3,4)13-7-9-14(10-8-13)18-15-11-17-19(6-2)12-15/h11-14,18H,5-10H2,1-4H3. The summed E-state index contributed by atoms with van der Waals surface area (Å²) < 4.78 is 1.98. The highest BCUT2D eigenvalue weighted by Gasteiger charge is 2.31. The molecule has 3 heteroatoms. The summed E-state index contributed by atoms with van der Waals surface area (Å²) in [6, 6.07) is 0.637. The first-order valence-electron chi connectivity index (χ1n) is 7.84. The van der Waals surface area contributed by atoms with E-state index in [4.69, 9.17) is 0 Å². The second-order valence-corrected chi connectivity index (χ2v) is 6.62. The van der Waals surface area contributed by atoms with Gasteiger partial charge in [0.25, 0.3) is 0 Å². The second kappa shape index (κ2) is 5.98. The Hall–Kier alpha value is -0.990. The molecule has 1 fully saturated rings. The first-order valence-corrected chi connectivity index (χ1v) is 7.84. The Labute approximate surface area is 117 Å². The Morgan fingerprint density at radius 1 is 1.26 bits per heavy atom. The quantitative estimate of drug-likeness (QED) is 0.858. The molecule has 1 aromatic rings. The molecule has 1 aromatic heterocycles. The molecule has 1 saturated carbocycles. The highest BCUT2D eigenvalue weighted by molar-refractivity contribution is 5.39. The van der Waals surface area contributed by atoms with Crippen LogP contribution in [0.4, 0.5) is 5.69 Å². The van der Waals surface area contributed by atoms with Gasteiger partial charge in [-0.2, -0.15) is 5.10 Å². The molecule has 0 saturated heterocycles. The van der Waals surface area contributed by atoms with Crippen LogP contribution in [0.5, 0.6) is 0 Å². The molecular weight excluding hydrogens is 234 g/mol. The molecule has 0 amide bonds. The van der Waals surface area contributed by atoms with Crippen LogP contribution in [-0.2, 0) is 6.54 Å². The molecule has 0 aliphatic heterocycles. The van der Waals surface area contributed by atoms with Crippen LogP contribution in [0, 0.1) is 11.3 Å². The Kier molecular flexibility index (Phi) is 4.54. The SMILES string of the molecule is CCn1cc(NC2CCC(C(C)(C)CC)CC2)cn1. The predicted octanol–water partition coefficient (Wildman–Crippen LogP) is 4.31. The number of hydrogen-bond donors (Lipinski definition) is 1. The van der Waals surface area contributed by atoms with Crippen LogP contribution in [0.25, 0.3) is 0 Å². The monoisotopic (exact) mass is 263 g/mol. The van der Waals surface area contributed by atoms with Gasteiger partial charge in [-0.3, -0.25) is 4.68 Å². The van der Waals surface area contributed by atoms with E-state index >= 15 is 0 Å². The summed E-state index contributed by atoms with van der Waals surface area (Å²) in [5, 5.41) is 7.96. The smallest absolute Gasteiger partial charge is 0.0728 e. The fraction of sp³-hybridized carbons (Fsp3) is 0.812. The van der Waals surface area contributed by atoms with Crippen molar-refractivity contribution in [3.05, 3.63) is 12.4 Å². The molecule has 0 aromatic carbocycles. The lowest BCUT2D eigenvalue weighted by Gasteiger charge is -2.39. The van der Waals surface area contributed by atoms with Crippen LogP contribution in [0.1, 0.15) is 59.8 Å². The summed E-state index contributed by atoms with van der Waals surface area (Å²) in [4.78, 5) is 0. The maximum atomic E-state index is 4.32. The average Bonchev–Trinajstić information content (AvgIpc) is 2.87. The number of aryl methyl sites for hydroxylation is 1. The maximum Gasteiger partial charge on any atom is 0.0728 e. The Bertz CT molecular complexity index is 386. The number of anilines is 1. The molecule has 0 atom stereocenters. The van der Waals surface area contributed by atoms with Gasteiger partial charge >= 0.3 is 0 Å². The third-order valence-electron chi connectivity index (χ3n) is 5.07. The van der Waals surface area contributed by atoms with Gasteiger partial charge in [0.1, 0.15) is 0 Å². The normalized spacial score (nSPS) is 24.4. The topological polar surface area (TPSA) is 29.9 Å². The van der Waals surface area contributed by atoms with E-state index in [1.807, 2.05) is 10.9 Å². The van der Waals surface area contributed by atoms with Crippen molar-refractivity contribution >= 4 is 5.69 Å². The highest BCUT2D eigenvalue weighted by Crippen LogP contribution is 2.40. The maximum absolute atomic E-state index is 4.32. The minimum atomic E-state index is 0.512. The van der Waals surface area contributed by atoms with Crippen LogP contribution >= 0.6 is 0 Å². The second-order valence-electron chi connectivity index (χ2n) is 6.62. The number of aromatic nitrogens is 2. The molecule has 0 radical (unpaired) electrons. The molecule has 0 bridgehead atoms. The van der Waals surface area contributed by atoms with Gasteiger partial charge in [-0.25, -0.2) is 0 Å². The van der Waals surface area contributed by atoms with Gasteiger partial charge in [0, 0.05) is 18.8 Å². The van der Waals surface area contributed by atoms with E-state index in [0.29, 0.717) is 11.5 Å². The first-order chi connectivity index (χ1) is 9.05. The summed E-state index contributed by atoms with van der Waals surface area (Å²) in [5.41, 5.74) is 1.69. The van der Waals surface area contributed by atoms with Crippen LogP contribution < -0.4 is 5.32 Å². The van der Waals surface area contributed by atoms with Crippen molar-refractivity contribution in [2.24, 2.45) is 11.3 Å². The van der Waals surface area contributed by atoms with E-state index in [-0.39, 0.29) is 0 Å². The van der Waals surface area contributed by atoms with Crippen LogP contribution in [-0.4, -0.2) is 15.8 Å². The highest BCUT2D eigenvalue weighted by atomic mass is 15.3. The molecule has 1 N–H and O–H groups in total. The lowest BCUT2D eigenvalue weighted by Crippen LogP contribution is -2.32. The molecule has 2 rings (SSSR count). The average molecular weight is 263 g/mol. The van der Waals surface area contributed by atoms with Gasteiger partial charge in [-0.15, -0.1) is 0 Å². The largest absolute Gasteiger partial charge is 0.380 e. The third-order valence-corrected chi connectivity index (χ3v) is 5.07. The van der Waals surface area contributed by atoms with E-state index in [0.717, 1.165) is 12.5 Å². The number of nitrogens with zero attached hydrogens (tertiary/aromatic N) is 2. The number of rotatable bonds is 5. The van der Waals surface area contributed by atoms with E-state index in [9.17, 15) is 0 Å². The molecule has 1 aliphatic rings. The molecule has 19 heavy (non-hydrogen) atoms. The van der Waals surface area contributed by atoms with Gasteiger partial charge in [0.15, 0.2) is 0 Å². The van der Waals surface area contributed by atoms with Crippen molar-refractivity contribution in [3.63, 3.8) is 0 Å². The molecule has 0 unspecified atom stereocenters. The van der Waals surface area contributed by atoms with Gasteiger partial charge < -0.3 is 5.32 Å². The molecular formula is C16H29N3. The summed E-state index contributed by atoms with van der Waals surface area (Å²) in [5.74, 6) is 0.897. The van der Waals surface area contributed by atoms with Gasteiger partial charge in [0.05, 0.1) is 11.9 Å². The van der Waals surface area contributed by atoms with E-state index < -0.39 is 0 Å². The zero-order chi connectivity index (χ0) is 13.9. The van der Waals surface area contributed by atoms with Crippen LogP contribution in [0.3, 0.4) is 0 Å². The zero-order valence-corrected chi connectivity index (χ0v) is 12.9. The van der Waals surface area contributed by atoms with Crippen molar-refractivity contribution in [2.45, 2.75) is 72.4 Å². The first kappa shape index (κ1) is 14.4. The Morgan fingerprint density at radius 3 is 2.47 bits per heavy atom. The van der Waals surface area contributed by atoms with Crippen LogP contribution in [0.15, 0.2) is 12.4 Å². The van der Waals surface area contributed by atoms with Gasteiger partial charge in [-0.05, 0) is 43.9 Å². The van der Waals surface area contributed by atoms with Crippen LogP contribution in [0.2, 0.25) is 0 Å². The van der Waals surface area contributed by atoms with Gasteiger partial charge in [0.2, 0.25) is 0 Å². The number of nitrogens with one attached hydrogen (secondary N) is 1. The van der Waals surface area contributed by atoms with E-state index in [1.165, 1.54) is 37.8 Å². The van der Waals surface area contributed by atoms with Gasteiger partial charge in [-0.1, -0.05) is 27.2 Å². The van der Waals surface area contributed by atoms with E-state index in [2.05, 4.69) is 44.3 Å². The predicted molar refractivity (Wildman–Crippen MR) is 81.3 cm³/mol.